The number of halogens is 1. The molecule has 3 heteroatoms. The van der Waals surface area contributed by atoms with Crippen molar-refractivity contribution in [3.63, 3.8) is 0 Å². The molecule has 0 spiro atoms. The number of nitrogens with two attached hydrogens (primary N) is 1. The fourth-order valence-electron chi connectivity index (χ4n) is 1.12. The van der Waals surface area contributed by atoms with Crippen molar-refractivity contribution >= 4 is 22.6 Å². The Labute approximate surface area is 86.2 Å². The monoisotopic (exact) mass is 277 g/mol. The number of benzene rings is 1. The van der Waals surface area contributed by atoms with E-state index < -0.39 is 0 Å². The summed E-state index contributed by atoms with van der Waals surface area (Å²) in [5.74, 6) is 0.891. The summed E-state index contributed by atoms with van der Waals surface area (Å²) < 4.78 is 6.39. The van der Waals surface area contributed by atoms with Gasteiger partial charge in [-0.1, -0.05) is 0 Å². The zero-order chi connectivity index (χ0) is 9.14. The average Bonchev–Trinajstić information content (AvgIpc) is 2.03. The third-order valence-corrected chi connectivity index (χ3v) is 2.69. The smallest absolute Gasteiger partial charge is 0.124 e. The molecule has 66 valence electrons. The van der Waals surface area contributed by atoms with E-state index in [0.717, 1.165) is 11.3 Å². The largest absolute Gasteiger partial charge is 0.496 e. The summed E-state index contributed by atoms with van der Waals surface area (Å²) in [4.78, 5) is 0. The van der Waals surface area contributed by atoms with Crippen LogP contribution in [0.3, 0.4) is 0 Å². The Morgan fingerprint density at radius 3 is 2.67 bits per heavy atom. The van der Waals surface area contributed by atoms with Crippen LogP contribution >= 0.6 is 22.6 Å². The average molecular weight is 277 g/mol. The Morgan fingerprint density at radius 2 is 2.17 bits per heavy atom. The molecule has 0 saturated carbocycles. The lowest BCUT2D eigenvalue weighted by atomic mass is 10.1. The fourth-order valence-corrected chi connectivity index (χ4v) is 2.10. The molecule has 0 bridgehead atoms. The Kier molecular flexibility index (Phi) is 3.34. The molecule has 2 N–H and O–H groups in total. The van der Waals surface area contributed by atoms with E-state index in [1.807, 2.05) is 13.0 Å². The summed E-state index contributed by atoms with van der Waals surface area (Å²) >= 11 is 2.27. The summed E-state index contributed by atoms with van der Waals surface area (Å²) in [5, 5.41) is 0. The molecule has 1 aromatic carbocycles. The highest BCUT2D eigenvalue weighted by Gasteiger charge is 2.05. The Morgan fingerprint density at radius 1 is 1.50 bits per heavy atom. The molecule has 0 fully saturated rings. The molecule has 0 unspecified atom stereocenters. The predicted molar refractivity (Wildman–Crippen MR) is 58.3 cm³/mol. The van der Waals surface area contributed by atoms with Crippen LogP contribution in [0.5, 0.6) is 5.75 Å². The molecule has 0 saturated heterocycles. The second kappa shape index (κ2) is 4.09. The quantitative estimate of drug-likeness (QED) is 0.840. The van der Waals surface area contributed by atoms with Crippen LogP contribution in [0.25, 0.3) is 0 Å². The maximum Gasteiger partial charge on any atom is 0.124 e. The van der Waals surface area contributed by atoms with E-state index in [0.29, 0.717) is 6.54 Å². The molecule has 0 aromatic heterocycles. The Bertz CT molecular complexity index is 286. The molecule has 0 heterocycles. The van der Waals surface area contributed by atoms with Gasteiger partial charge in [0.2, 0.25) is 0 Å². The van der Waals surface area contributed by atoms with Crippen molar-refractivity contribution < 1.29 is 4.74 Å². The SMILES string of the molecule is COc1cc(C)cc(I)c1CN. The van der Waals surface area contributed by atoms with Crippen LogP contribution in [0.15, 0.2) is 12.1 Å². The normalized spacial score (nSPS) is 10.0. The predicted octanol–water partition coefficient (Wildman–Crippen LogP) is 2.07. The van der Waals surface area contributed by atoms with Crippen molar-refractivity contribution in [1.82, 2.24) is 0 Å². The van der Waals surface area contributed by atoms with Gasteiger partial charge in [0, 0.05) is 15.7 Å². The van der Waals surface area contributed by atoms with Gasteiger partial charge >= 0.3 is 0 Å². The van der Waals surface area contributed by atoms with Gasteiger partial charge in [-0.25, -0.2) is 0 Å². The molecule has 0 aliphatic heterocycles. The van der Waals surface area contributed by atoms with Crippen LogP contribution in [0.2, 0.25) is 0 Å². The Hall–Kier alpha value is -0.290. The van der Waals surface area contributed by atoms with E-state index in [4.69, 9.17) is 10.5 Å². The molecule has 0 aliphatic rings. The second-order valence-corrected chi connectivity index (χ2v) is 3.79. The molecular weight excluding hydrogens is 265 g/mol. The maximum absolute atomic E-state index is 5.59. The number of hydrogen-bond acceptors (Lipinski definition) is 2. The van der Waals surface area contributed by atoms with Gasteiger partial charge in [0.15, 0.2) is 0 Å². The summed E-state index contributed by atoms with van der Waals surface area (Å²) in [7, 11) is 1.67. The number of rotatable bonds is 2. The highest BCUT2D eigenvalue weighted by molar-refractivity contribution is 14.1. The van der Waals surface area contributed by atoms with Crippen molar-refractivity contribution in [1.29, 1.82) is 0 Å². The van der Waals surface area contributed by atoms with E-state index in [2.05, 4.69) is 28.7 Å². The van der Waals surface area contributed by atoms with Crippen molar-refractivity contribution in [3.8, 4) is 5.75 Å². The minimum absolute atomic E-state index is 0.529. The highest BCUT2D eigenvalue weighted by atomic mass is 127. The van der Waals surface area contributed by atoms with Crippen LogP contribution in [-0.2, 0) is 6.54 Å². The standard InChI is InChI=1S/C9H12INO/c1-6-3-8(10)7(5-11)9(4-6)12-2/h3-4H,5,11H2,1-2H3. The lowest BCUT2D eigenvalue weighted by Gasteiger charge is -2.09. The summed E-state index contributed by atoms with van der Waals surface area (Å²) in [6.07, 6.45) is 0. The molecule has 1 rings (SSSR count). The number of hydrogen-bond donors (Lipinski definition) is 1. The minimum atomic E-state index is 0.529. The van der Waals surface area contributed by atoms with E-state index >= 15 is 0 Å². The first-order valence-electron chi connectivity index (χ1n) is 3.72. The molecule has 0 radical (unpaired) electrons. The molecule has 2 nitrogen and oxygen atoms in total. The van der Waals surface area contributed by atoms with Crippen molar-refractivity contribution in [2.45, 2.75) is 13.5 Å². The molecule has 0 amide bonds. The first-order valence-corrected chi connectivity index (χ1v) is 4.80. The van der Waals surface area contributed by atoms with Crippen molar-refractivity contribution in [3.05, 3.63) is 26.8 Å². The second-order valence-electron chi connectivity index (χ2n) is 2.63. The number of ether oxygens (including phenoxy) is 1. The third-order valence-electron chi connectivity index (χ3n) is 1.72. The third kappa shape index (κ3) is 1.90. The van der Waals surface area contributed by atoms with E-state index in [1.54, 1.807) is 7.11 Å². The maximum atomic E-state index is 5.59. The minimum Gasteiger partial charge on any atom is -0.496 e. The van der Waals surface area contributed by atoms with Crippen LogP contribution in [-0.4, -0.2) is 7.11 Å². The van der Waals surface area contributed by atoms with Gasteiger partial charge in [-0.15, -0.1) is 0 Å². The van der Waals surface area contributed by atoms with Crippen LogP contribution in [0.1, 0.15) is 11.1 Å². The summed E-state index contributed by atoms with van der Waals surface area (Å²) in [5.41, 5.74) is 7.88. The highest BCUT2D eigenvalue weighted by Crippen LogP contribution is 2.25. The molecule has 0 aliphatic carbocycles. The molecule has 12 heavy (non-hydrogen) atoms. The van der Waals surface area contributed by atoms with Crippen molar-refractivity contribution in [2.24, 2.45) is 5.73 Å². The molecule has 1 aromatic rings. The Balaban J connectivity index is 3.24. The van der Waals surface area contributed by atoms with Gasteiger partial charge in [-0.2, -0.15) is 0 Å². The van der Waals surface area contributed by atoms with Gasteiger partial charge in [0.1, 0.15) is 5.75 Å². The zero-order valence-corrected chi connectivity index (χ0v) is 9.38. The number of methoxy groups -OCH3 is 1. The summed E-state index contributed by atoms with van der Waals surface area (Å²) in [6, 6.07) is 4.11. The molecular formula is C9H12INO. The lowest BCUT2D eigenvalue weighted by Crippen LogP contribution is -2.02. The van der Waals surface area contributed by atoms with Crippen LogP contribution in [0.4, 0.5) is 0 Å². The first-order chi connectivity index (χ1) is 5.69. The van der Waals surface area contributed by atoms with Crippen molar-refractivity contribution in [2.75, 3.05) is 7.11 Å². The fraction of sp³-hybridized carbons (Fsp3) is 0.333. The van der Waals surface area contributed by atoms with Gasteiger partial charge in [0.25, 0.3) is 0 Å². The van der Waals surface area contributed by atoms with E-state index in [-0.39, 0.29) is 0 Å². The van der Waals surface area contributed by atoms with Crippen LogP contribution < -0.4 is 10.5 Å². The van der Waals surface area contributed by atoms with Gasteiger partial charge in [0.05, 0.1) is 7.11 Å². The first kappa shape index (κ1) is 9.80. The lowest BCUT2D eigenvalue weighted by molar-refractivity contribution is 0.409. The van der Waals surface area contributed by atoms with Gasteiger partial charge < -0.3 is 10.5 Å². The summed E-state index contributed by atoms with van der Waals surface area (Å²) in [6.45, 7) is 2.58. The van der Waals surface area contributed by atoms with E-state index in [9.17, 15) is 0 Å². The number of aryl methyl sites for hydroxylation is 1. The topological polar surface area (TPSA) is 35.2 Å². The van der Waals surface area contributed by atoms with E-state index in [1.165, 1.54) is 9.13 Å². The van der Waals surface area contributed by atoms with Crippen LogP contribution in [0, 0.1) is 10.5 Å². The van der Waals surface area contributed by atoms with Gasteiger partial charge in [-0.05, 0) is 47.2 Å². The zero-order valence-electron chi connectivity index (χ0n) is 7.23. The molecule has 0 atom stereocenters. The van der Waals surface area contributed by atoms with Gasteiger partial charge in [-0.3, -0.25) is 0 Å².